The summed E-state index contributed by atoms with van der Waals surface area (Å²) < 4.78 is 2.20. The Kier molecular flexibility index (Phi) is 3.67. The van der Waals surface area contributed by atoms with Crippen molar-refractivity contribution in [2.45, 2.75) is 24.8 Å². The van der Waals surface area contributed by atoms with E-state index < -0.39 is 0 Å². The van der Waals surface area contributed by atoms with Crippen LogP contribution in [0.1, 0.15) is 24.1 Å². The van der Waals surface area contributed by atoms with Crippen LogP contribution in [0.15, 0.2) is 24.5 Å². The van der Waals surface area contributed by atoms with Crippen LogP contribution in [-0.4, -0.2) is 46.2 Å². The fourth-order valence-corrected chi connectivity index (χ4v) is 4.54. The smallest absolute Gasteiger partial charge is 0.138 e. The minimum atomic E-state index is -0.234. The van der Waals surface area contributed by atoms with Gasteiger partial charge in [0.15, 0.2) is 0 Å². The summed E-state index contributed by atoms with van der Waals surface area (Å²) in [4.78, 5) is 7.83. The van der Waals surface area contributed by atoms with Crippen LogP contribution in [-0.2, 0) is 12.0 Å². The van der Waals surface area contributed by atoms with Gasteiger partial charge in [-0.1, -0.05) is 11.6 Å². The molecule has 5 heterocycles. The fourth-order valence-electron chi connectivity index (χ4n) is 4.20. The first-order valence-corrected chi connectivity index (χ1v) is 11.3. The highest BCUT2D eigenvalue weighted by molar-refractivity contribution is 7.61. The second-order valence-corrected chi connectivity index (χ2v) is 9.56. The summed E-state index contributed by atoms with van der Waals surface area (Å²) in [5.74, 6) is 3.30. The number of nitrogens with zero attached hydrogens (tertiary/aromatic N) is 3. The lowest BCUT2D eigenvalue weighted by Gasteiger charge is -2.20. The van der Waals surface area contributed by atoms with Crippen LogP contribution in [0, 0.1) is 11.6 Å². The topological polar surface area (TPSA) is 58.5 Å². The quantitative estimate of drug-likeness (QED) is 0.516. The van der Waals surface area contributed by atoms with Gasteiger partial charge in [0.1, 0.15) is 5.65 Å². The molecule has 3 aromatic heterocycles. The van der Waals surface area contributed by atoms with Crippen molar-refractivity contribution in [2.24, 2.45) is 0 Å². The molecule has 1 unspecified atom stereocenters. The maximum Gasteiger partial charge on any atom is 0.138 e. The Morgan fingerprint density at radius 1 is 1.27 bits per heavy atom. The molecule has 0 bridgehead atoms. The van der Waals surface area contributed by atoms with Crippen LogP contribution in [0.25, 0.3) is 22.3 Å². The Bertz CT molecular complexity index is 1040. The van der Waals surface area contributed by atoms with E-state index in [1.807, 2.05) is 12.4 Å². The summed E-state index contributed by atoms with van der Waals surface area (Å²) in [6.07, 6.45) is 6.29. The van der Waals surface area contributed by atoms with E-state index in [0.717, 1.165) is 47.5 Å². The highest BCUT2D eigenvalue weighted by Crippen LogP contribution is 2.41. The Morgan fingerprint density at radius 2 is 2.19 bits per heavy atom. The average molecular weight is 363 g/mol. The van der Waals surface area contributed by atoms with Crippen molar-refractivity contribution in [3.8, 4) is 22.8 Å². The van der Waals surface area contributed by atoms with E-state index in [2.05, 4.69) is 57.0 Å². The molecule has 2 aliphatic rings. The third-order valence-electron chi connectivity index (χ3n) is 5.61. The Hall–Kier alpha value is -2.15. The van der Waals surface area contributed by atoms with Crippen LogP contribution in [0.2, 0.25) is 0 Å². The zero-order valence-corrected chi connectivity index (χ0v) is 16.0. The molecule has 3 aromatic rings. The normalized spacial score (nSPS) is 21.5. The Labute approximate surface area is 154 Å². The van der Waals surface area contributed by atoms with Crippen LogP contribution < -0.4 is 5.32 Å². The van der Waals surface area contributed by atoms with E-state index in [1.165, 1.54) is 18.5 Å². The van der Waals surface area contributed by atoms with E-state index >= 15 is 0 Å². The lowest BCUT2D eigenvalue weighted by molar-refractivity contribution is 0.467. The first-order chi connectivity index (χ1) is 12.6. The highest BCUT2D eigenvalue weighted by atomic mass is 31.1. The molecule has 1 spiro atoms. The summed E-state index contributed by atoms with van der Waals surface area (Å²) in [7, 11) is -0.234. The number of hydrogen-bond donors (Lipinski definition) is 2. The van der Waals surface area contributed by atoms with Gasteiger partial charge in [-0.15, -0.1) is 0 Å². The van der Waals surface area contributed by atoms with Crippen molar-refractivity contribution in [2.75, 3.05) is 26.4 Å². The molecule has 0 radical (unpaired) electrons. The van der Waals surface area contributed by atoms with Crippen molar-refractivity contribution in [1.82, 2.24) is 25.1 Å². The summed E-state index contributed by atoms with van der Waals surface area (Å²) in [5, 5.41) is 9.49. The van der Waals surface area contributed by atoms with Crippen LogP contribution in [0.5, 0.6) is 0 Å². The largest absolute Gasteiger partial charge is 0.345 e. The summed E-state index contributed by atoms with van der Waals surface area (Å²) >= 11 is 0. The van der Waals surface area contributed by atoms with Crippen LogP contribution in [0.3, 0.4) is 0 Å². The number of aryl methyl sites for hydroxylation is 1. The monoisotopic (exact) mass is 363 g/mol. The molecule has 0 amide bonds. The lowest BCUT2D eigenvalue weighted by Crippen LogP contribution is -2.25. The molecule has 1 fully saturated rings. The van der Waals surface area contributed by atoms with E-state index in [9.17, 15) is 0 Å². The molecule has 2 aliphatic heterocycles. The predicted molar refractivity (Wildman–Crippen MR) is 107 cm³/mol. The minimum absolute atomic E-state index is 0.234. The molecule has 5 rings (SSSR count). The molecular formula is C20H22N5P. The summed E-state index contributed by atoms with van der Waals surface area (Å²) in [5.41, 5.74) is 8.97. The van der Waals surface area contributed by atoms with Gasteiger partial charge in [0, 0.05) is 47.5 Å². The van der Waals surface area contributed by atoms with Gasteiger partial charge in [-0.2, -0.15) is 5.10 Å². The molecule has 0 saturated carbocycles. The van der Waals surface area contributed by atoms with Gasteiger partial charge in [-0.3, -0.25) is 4.68 Å². The molecule has 1 saturated heterocycles. The fraction of sp³-hybridized carbons (Fsp3) is 0.400. The molecule has 5 nitrogen and oxygen atoms in total. The Morgan fingerprint density at radius 3 is 3.00 bits per heavy atom. The Balaban J connectivity index is 1.56. The number of nitrogens with one attached hydrogen (secondary N) is 2. The van der Waals surface area contributed by atoms with Gasteiger partial charge in [-0.25, -0.2) is 4.98 Å². The van der Waals surface area contributed by atoms with E-state index in [4.69, 9.17) is 5.10 Å². The van der Waals surface area contributed by atoms with Crippen LogP contribution >= 0.6 is 7.92 Å². The highest BCUT2D eigenvalue weighted by Gasteiger charge is 2.42. The van der Waals surface area contributed by atoms with Gasteiger partial charge < -0.3 is 10.3 Å². The summed E-state index contributed by atoms with van der Waals surface area (Å²) in [6, 6.07) is 4.45. The van der Waals surface area contributed by atoms with Gasteiger partial charge >= 0.3 is 0 Å². The third-order valence-corrected chi connectivity index (χ3v) is 6.17. The second-order valence-electron chi connectivity index (χ2n) is 7.55. The van der Waals surface area contributed by atoms with E-state index in [1.54, 1.807) is 0 Å². The van der Waals surface area contributed by atoms with Crippen molar-refractivity contribution in [3.63, 3.8) is 0 Å². The lowest BCUT2D eigenvalue weighted by atomic mass is 9.82. The molecule has 2 N–H and O–H groups in total. The standard InChI is InChI=1S/C20H22N5P/c1-26(2)8-3-14-11-22-19-16(14)9-15(12-23-19)17-10-18-20(4-6-21-13-20)5-7-25(18)24-17/h9-12,21H,4-7,13H2,1-2H3,(H,22,23). The molecule has 132 valence electrons. The number of fused-ring (bicyclic) bond motifs is 3. The zero-order chi connectivity index (χ0) is 17.7. The molecule has 6 heteroatoms. The van der Waals surface area contributed by atoms with E-state index in [-0.39, 0.29) is 13.3 Å². The molecule has 0 aliphatic carbocycles. The first-order valence-electron chi connectivity index (χ1n) is 9.10. The minimum Gasteiger partial charge on any atom is -0.345 e. The van der Waals surface area contributed by atoms with Crippen molar-refractivity contribution < 1.29 is 0 Å². The maximum atomic E-state index is 4.88. The van der Waals surface area contributed by atoms with E-state index in [0.29, 0.717) is 0 Å². The SMILES string of the molecule is CP(C)C#Cc1c[nH]c2ncc(-c3cc4n(n3)CCC43CCNC3)cc12. The second kappa shape index (κ2) is 5.94. The number of aromatic amines is 1. The van der Waals surface area contributed by atoms with Crippen molar-refractivity contribution in [1.29, 1.82) is 0 Å². The van der Waals surface area contributed by atoms with Gasteiger partial charge in [0.2, 0.25) is 0 Å². The predicted octanol–water partition coefficient (Wildman–Crippen LogP) is 3.11. The molecule has 26 heavy (non-hydrogen) atoms. The van der Waals surface area contributed by atoms with Crippen LogP contribution in [0.4, 0.5) is 0 Å². The van der Waals surface area contributed by atoms with Crippen molar-refractivity contribution in [3.05, 3.63) is 35.8 Å². The summed E-state index contributed by atoms with van der Waals surface area (Å²) in [6.45, 7) is 7.54. The number of rotatable bonds is 1. The number of hydrogen-bond acceptors (Lipinski definition) is 3. The average Bonchev–Trinajstić information content (AvgIpc) is 3.39. The molecule has 1 atom stereocenters. The van der Waals surface area contributed by atoms with Crippen molar-refractivity contribution >= 4 is 19.0 Å². The van der Waals surface area contributed by atoms with Gasteiger partial charge in [0.25, 0.3) is 0 Å². The number of H-pyrrole nitrogens is 1. The maximum absolute atomic E-state index is 4.88. The molecular weight excluding hydrogens is 341 g/mol. The number of aromatic nitrogens is 4. The van der Waals surface area contributed by atoms with Gasteiger partial charge in [-0.05, 0) is 52.8 Å². The molecule has 0 aromatic carbocycles. The first kappa shape index (κ1) is 16.1. The third kappa shape index (κ3) is 2.48. The zero-order valence-electron chi connectivity index (χ0n) is 15.1. The number of pyridine rings is 1. The van der Waals surface area contributed by atoms with Gasteiger partial charge in [0.05, 0.1) is 11.3 Å².